The predicted octanol–water partition coefficient (Wildman–Crippen LogP) is 3.21. The van der Waals surface area contributed by atoms with Crippen LogP contribution in [-0.4, -0.2) is 20.9 Å². The van der Waals surface area contributed by atoms with E-state index in [1.165, 1.54) is 6.20 Å². The summed E-state index contributed by atoms with van der Waals surface area (Å²) in [7, 11) is 0. The molecule has 0 aliphatic carbocycles. The van der Waals surface area contributed by atoms with Gasteiger partial charge in [0, 0.05) is 5.56 Å². The molecule has 122 valence electrons. The van der Waals surface area contributed by atoms with Crippen LogP contribution < -0.4 is 5.32 Å². The fraction of sp³-hybridized carbons (Fsp3) is 0.0526. The van der Waals surface area contributed by atoms with Gasteiger partial charge < -0.3 is 9.73 Å². The molecule has 4 rings (SSSR count). The van der Waals surface area contributed by atoms with Gasteiger partial charge in [-0.1, -0.05) is 42.5 Å². The Morgan fingerprint density at radius 1 is 0.920 bits per heavy atom. The molecule has 6 heteroatoms. The van der Waals surface area contributed by atoms with E-state index in [1.807, 2.05) is 54.6 Å². The molecule has 1 amide bonds. The number of nitrogens with one attached hydrogen (secondary N) is 1. The molecule has 2 heterocycles. The minimum atomic E-state index is -0.322. The molecular formula is C19H14N4O2. The Morgan fingerprint density at radius 3 is 2.52 bits per heavy atom. The number of nitrogens with zero attached hydrogens (tertiary/aromatic N) is 3. The summed E-state index contributed by atoms with van der Waals surface area (Å²) in [6, 6.07) is 17.1. The lowest BCUT2D eigenvalue weighted by atomic mass is 10.2. The summed E-state index contributed by atoms with van der Waals surface area (Å²) in [6.07, 6.45) is 3.11. The van der Waals surface area contributed by atoms with Crippen LogP contribution in [0, 0.1) is 0 Å². The predicted molar refractivity (Wildman–Crippen MR) is 92.6 cm³/mol. The van der Waals surface area contributed by atoms with Crippen molar-refractivity contribution in [3.63, 3.8) is 0 Å². The van der Waals surface area contributed by atoms with Crippen LogP contribution >= 0.6 is 0 Å². The van der Waals surface area contributed by atoms with Crippen LogP contribution in [-0.2, 0) is 6.54 Å². The topological polar surface area (TPSA) is 80.9 Å². The van der Waals surface area contributed by atoms with E-state index < -0.39 is 0 Å². The Kier molecular flexibility index (Phi) is 3.92. The van der Waals surface area contributed by atoms with Crippen molar-refractivity contribution in [3.05, 3.63) is 78.6 Å². The van der Waals surface area contributed by atoms with Gasteiger partial charge in [0.25, 0.3) is 5.91 Å². The maximum Gasteiger partial charge on any atom is 0.271 e. The highest BCUT2D eigenvalue weighted by molar-refractivity contribution is 5.93. The van der Waals surface area contributed by atoms with Gasteiger partial charge in [-0.15, -0.1) is 0 Å². The lowest BCUT2D eigenvalue weighted by molar-refractivity contribution is 0.0942. The number of para-hydroxylation sites is 2. The Hall–Kier alpha value is -3.54. The van der Waals surface area contributed by atoms with Crippen LogP contribution in [0.25, 0.3) is 22.4 Å². The van der Waals surface area contributed by atoms with Crippen LogP contribution in [0.3, 0.4) is 0 Å². The zero-order valence-electron chi connectivity index (χ0n) is 13.2. The average Bonchev–Trinajstić information content (AvgIpc) is 3.15. The molecule has 0 saturated heterocycles. The molecule has 0 aliphatic rings. The quantitative estimate of drug-likeness (QED) is 0.621. The van der Waals surface area contributed by atoms with Crippen molar-refractivity contribution < 1.29 is 9.21 Å². The summed E-state index contributed by atoms with van der Waals surface area (Å²) >= 11 is 0. The van der Waals surface area contributed by atoms with E-state index in [1.54, 1.807) is 6.20 Å². The van der Waals surface area contributed by atoms with Crippen molar-refractivity contribution in [1.29, 1.82) is 0 Å². The summed E-state index contributed by atoms with van der Waals surface area (Å²) < 4.78 is 5.66. The number of rotatable bonds is 4. The van der Waals surface area contributed by atoms with Crippen LogP contribution in [0.15, 0.2) is 71.4 Å². The van der Waals surface area contributed by atoms with Crippen molar-refractivity contribution in [2.24, 2.45) is 0 Å². The molecule has 2 aromatic heterocycles. The summed E-state index contributed by atoms with van der Waals surface area (Å²) in [6.45, 7) is 0.181. The number of carbonyl (C=O) groups is 1. The molecule has 0 fully saturated rings. The van der Waals surface area contributed by atoms with Gasteiger partial charge in [0.15, 0.2) is 5.76 Å². The first-order valence-corrected chi connectivity index (χ1v) is 7.80. The van der Waals surface area contributed by atoms with Gasteiger partial charge in [-0.3, -0.25) is 9.78 Å². The minimum absolute atomic E-state index is 0.181. The minimum Gasteiger partial charge on any atom is -0.439 e. The normalized spacial score (nSPS) is 10.7. The van der Waals surface area contributed by atoms with E-state index in [-0.39, 0.29) is 18.1 Å². The lowest BCUT2D eigenvalue weighted by Gasteiger charge is -2.03. The van der Waals surface area contributed by atoms with Crippen LogP contribution in [0.1, 0.15) is 16.4 Å². The van der Waals surface area contributed by atoms with Crippen molar-refractivity contribution in [2.75, 3.05) is 0 Å². The van der Waals surface area contributed by atoms with E-state index in [0.29, 0.717) is 17.2 Å². The number of hydrogen-bond acceptors (Lipinski definition) is 5. The van der Waals surface area contributed by atoms with Gasteiger partial charge in [0.2, 0.25) is 5.89 Å². The molecule has 6 nitrogen and oxygen atoms in total. The number of fused-ring (bicyclic) bond motifs is 1. The zero-order valence-corrected chi connectivity index (χ0v) is 13.2. The third-order valence-electron chi connectivity index (χ3n) is 3.69. The molecule has 1 N–H and O–H groups in total. The first-order valence-electron chi connectivity index (χ1n) is 7.80. The number of hydrogen-bond donors (Lipinski definition) is 1. The SMILES string of the molecule is O=C(NCc1ncc(-c2ccccc2)o1)c1cnc2ccccc2n1. The molecule has 0 atom stereocenters. The molecular weight excluding hydrogens is 316 g/mol. The third-order valence-corrected chi connectivity index (χ3v) is 3.69. The molecule has 0 unspecified atom stereocenters. The second-order valence-electron chi connectivity index (χ2n) is 5.41. The van der Waals surface area contributed by atoms with Gasteiger partial charge in [-0.05, 0) is 12.1 Å². The highest BCUT2D eigenvalue weighted by atomic mass is 16.4. The number of benzene rings is 2. The van der Waals surface area contributed by atoms with E-state index in [9.17, 15) is 4.79 Å². The average molecular weight is 330 g/mol. The maximum atomic E-state index is 12.3. The van der Waals surface area contributed by atoms with Gasteiger partial charge in [-0.2, -0.15) is 0 Å². The largest absolute Gasteiger partial charge is 0.439 e. The number of aromatic nitrogens is 3. The van der Waals surface area contributed by atoms with Crippen molar-refractivity contribution >= 4 is 16.9 Å². The molecule has 2 aromatic carbocycles. The molecule has 0 saturated carbocycles. The molecule has 0 spiro atoms. The number of amides is 1. The van der Waals surface area contributed by atoms with E-state index >= 15 is 0 Å². The smallest absolute Gasteiger partial charge is 0.271 e. The molecule has 0 bridgehead atoms. The van der Waals surface area contributed by atoms with Gasteiger partial charge in [0.1, 0.15) is 5.69 Å². The molecule has 4 aromatic rings. The number of oxazole rings is 1. The van der Waals surface area contributed by atoms with E-state index in [4.69, 9.17) is 4.42 Å². The second-order valence-corrected chi connectivity index (χ2v) is 5.41. The van der Waals surface area contributed by atoms with Crippen molar-refractivity contribution in [3.8, 4) is 11.3 Å². The molecule has 0 aliphatic heterocycles. The summed E-state index contributed by atoms with van der Waals surface area (Å²) in [5.74, 6) is 0.772. The summed E-state index contributed by atoms with van der Waals surface area (Å²) in [4.78, 5) is 25.0. The Balaban J connectivity index is 1.45. The Bertz CT molecular complexity index is 1030. The van der Waals surface area contributed by atoms with Gasteiger partial charge >= 0.3 is 0 Å². The Morgan fingerprint density at radius 2 is 1.68 bits per heavy atom. The second kappa shape index (κ2) is 6.52. The van der Waals surface area contributed by atoms with E-state index in [2.05, 4.69) is 20.3 Å². The fourth-order valence-corrected chi connectivity index (χ4v) is 2.44. The van der Waals surface area contributed by atoms with Crippen LogP contribution in [0.2, 0.25) is 0 Å². The van der Waals surface area contributed by atoms with Crippen LogP contribution in [0.4, 0.5) is 0 Å². The first kappa shape index (κ1) is 15.0. The summed E-state index contributed by atoms with van der Waals surface area (Å²) in [5, 5.41) is 2.75. The maximum absolute atomic E-state index is 12.3. The lowest BCUT2D eigenvalue weighted by Crippen LogP contribution is -2.24. The highest BCUT2D eigenvalue weighted by Gasteiger charge is 2.11. The summed E-state index contributed by atoms with van der Waals surface area (Å²) in [5.41, 5.74) is 2.62. The monoisotopic (exact) mass is 330 g/mol. The van der Waals surface area contributed by atoms with Crippen LogP contribution in [0.5, 0.6) is 0 Å². The van der Waals surface area contributed by atoms with Crippen molar-refractivity contribution in [1.82, 2.24) is 20.3 Å². The van der Waals surface area contributed by atoms with E-state index in [0.717, 1.165) is 11.1 Å². The van der Waals surface area contributed by atoms with Gasteiger partial charge in [-0.25, -0.2) is 9.97 Å². The zero-order chi connectivity index (χ0) is 17.1. The standard InChI is InChI=1S/C19H14N4O2/c24-19(16-10-20-14-8-4-5-9-15(14)23-16)22-12-18-21-11-17(25-18)13-6-2-1-3-7-13/h1-11H,12H2,(H,22,24). The number of carbonyl (C=O) groups excluding carboxylic acids is 1. The highest BCUT2D eigenvalue weighted by Crippen LogP contribution is 2.19. The molecule has 0 radical (unpaired) electrons. The van der Waals surface area contributed by atoms with Crippen molar-refractivity contribution in [2.45, 2.75) is 6.54 Å². The first-order chi connectivity index (χ1) is 12.3. The Labute approximate surface area is 143 Å². The molecule has 25 heavy (non-hydrogen) atoms. The third kappa shape index (κ3) is 3.23. The van der Waals surface area contributed by atoms with Gasteiger partial charge in [0.05, 0.1) is 30.0 Å². The fourth-order valence-electron chi connectivity index (χ4n) is 2.44.